The van der Waals surface area contributed by atoms with Gasteiger partial charge in [0.05, 0.1) is 0 Å². The second-order valence-electron chi connectivity index (χ2n) is 9.49. The fraction of sp³-hybridized carbons (Fsp3) is 0.161. The number of aliphatic carboxylic acids is 1. The Balaban J connectivity index is 1.17. The highest BCUT2D eigenvalue weighted by Crippen LogP contribution is 2.44. The molecule has 1 amide bonds. The molecule has 6 nitrogen and oxygen atoms in total. The predicted molar refractivity (Wildman–Crippen MR) is 144 cm³/mol. The molecule has 6 rings (SSSR count). The van der Waals surface area contributed by atoms with Crippen molar-refractivity contribution in [3.8, 4) is 11.1 Å². The number of fused-ring (bicyclic) bond motifs is 6. The number of carboxylic acids is 1. The van der Waals surface area contributed by atoms with Crippen LogP contribution >= 0.6 is 0 Å². The van der Waals surface area contributed by atoms with E-state index in [2.05, 4.69) is 34.1 Å². The van der Waals surface area contributed by atoms with Crippen molar-refractivity contribution in [2.24, 2.45) is 7.05 Å². The number of benzene rings is 4. The smallest absolute Gasteiger partial charge is 0.407 e. The Kier molecular flexibility index (Phi) is 5.64. The maximum absolute atomic E-state index is 12.7. The van der Waals surface area contributed by atoms with Crippen molar-refractivity contribution < 1.29 is 19.4 Å². The van der Waals surface area contributed by atoms with E-state index in [0.29, 0.717) is 0 Å². The number of hydrogen-bond donors (Lipinski definition) is 2. The number of carboxylic acid groups (broad SMARTS) is 1. The van der Waals surface area contributed by atoms with Crippen molar-refractivity contribution in [1.29, 1.82) is 0 Å². The van der Waals surface area contributed by atoms with Gasteiger partial charge >= 0.3 is 12.1 Å². The zero-order valence-corrected chi connectivity index (χ0v) is 20.3. The van der Waals surface area contributed by atoms with Gasteiger partial charge in [-0.05, 0) is 39.9 Å². The highest BCUT2D eigenvalue weighted by molar-refractivity contribution is 6.08. The molecule has 0 saturated heterocycles. The summed E-state index contributed by atoms with van der Waals surface area (Å²) < 4.78 is 7.67. The van der Waals surface area contributed by atoms with Crippen molar-refractivity contribution in [1.82, 2.24) is 9.88 Å². The molecule has 37 heavy (non-hydrogen) atoms. The molecule has 0 spiro atoms. The number of alkyl carbamates (subject to hydrolysis) is 1. The zero-order chi connectivity index (χ0) is 25.5. The Morgan fingerprint density at radius 3 is 2.19 bits per heavy atom. The second-order valence-corrected chi connectivity index (χ2v) is 9.49. The van der Waals surface area contributed by atoms with Crippen molar-refractivity contribution in [2.75, 3.05) is 6.61 Å². The van der Waals surface area contributed by atoms with Gasteiger partial charge in [0.15, 0.2) is 0 Å². The van der Waals surface area contributed by atoms with Crippen molar-refractivity contribution in [2.45, 2.75) is 18.4 Å². The summed E-state index contributed by atoms with van der Waals surface area (Å²) in [7, 11) is 2.00. The number of amides is 1. The number of ether oxygens (including phenoxy) is 1. The molecule has 1 unspecified atom stereocenters. The van der Waals surface area contributed by atoms with Crippen LogP contribution in [0.2, 0.25) is 0 Å². The average molecular weight is 491 g/mol. The van der Waals surface area contributed by atoms with E-state index < -0.39 is 18.1 Å². The third-order valence-electron chi connectivity index (χ3n) is 7.35. The Labute approximate surface area is 214 Å². The van der Waals surface area contributed by atoms with Crippen LogP contribution in [-0.2, 0) is 23.0 Å². The second kappa shape index (κ2) is 9.13. The van der Waals surface area contributed by atoms with Gasteiger partial charge in [-0.15, -0.1) is 0 Å². The Morgan fingerprint density at radius 1 is 0.865 bits per heavy atom. The minimum absolute atomic E-state index is 0.0877. The molecule has 0 aliphatic heterocycles. The Hall–Kier alpha value is -4.58. The lowest BCUT2D eigenvalue weighted by atomic mass is 9.98. The van der Waals surface area contributed by atoms with Crippen LogP contribution < -0.4 is 5.32 Å². The normalized spacial score (nSPS) is 13.3. The van der Waals surface area contributed by atoms with Crippen molar-refractivity contribution in [3.05, 3.63) is 108 Å². The number of nitrogens with zero attached hydrogens (tertiary/aromatic N) is 1. The molecule has 1 aliphatic rings. The molecule has 6 heteroatoms. The number of carbonyl (C=O) groups is 2. The summed E-state index contributed by atoms with van der Waals surface area (Å²) in [6.07, 6.45) is -0.586. The maximum Gasteiger partial charge on any atom is 0.407 e. The van der Waals surface area contributed by atoms with Gasteiger partial charge in [-0.1, -0.05) is 78.9 Å². The van der Waals surface area contributed by atoms with Crippen LogP contribution in [-0.4, -0.2) is 34.4 Å². The van der Waals surface area contributed by atoms with E-state index in [9.17, 15) is 14.7 Å². The van der Waals surface area contributed by atoms with Gasteiger partial charge in [0.1, 0.15) is 12.6 Å². The van der Waals surface area contributed by atoms with Gasteiger partial charge in [-0.3, -0.25) is 0 Å². The van der Waals surface area contributed by atoms with Gasteiger partial charge < -0.3 is 19.7 Å². The van der Waals surface area contributed by atoms with E-state index in [1.54, 1.807) is 0 Å². The summed E-state index contributed by atoms with van der Waals surface area (Å²) in [5.74, 6) is -1.19. The molecular formula is C31H26N2O4. The van der Waals surface area contributed by atoms with Crippen molar-refractivity contribution >= 4 is 33.9 Å². The molecule has 1 atom stereocenters. The minimum atomic E-state index is -1.11. The highest BCUT2D eigenvalue weighted by Gasteiger charge is 2.30. The predicted octanol–water partition coefficient (Wildman–Crippen LogP) is 5.87. The molecule has 0 bridgehead atoms. The first-order valence-corrected chi connectivity index (χ1v) is 12.3. The molecule has 184 valence electrons. The van der Waals surface area contributed by atoms with E-state index >= 15 is 0 Å². The lowest BCUT2D eigenvalue weighted by Crippen LogP contribution is -2.42. The van der Waals surface area contributed by atoms with E-state index in [1.165, 1.54) is 0 Å². The first-order chi connectivity index (χ1) is 18.0. The first-order valence-electron chi connectivity index (χ1n) is 12.3. The topological polar surface area (TPSA) is 80.6 Å². The number of para-hydroxylation sites is 1. The van der Waals surface area contributed by atoms with Gasteiger partial charge in [0.2, 0.25) is 0 Å². The van der Waals surface area contributed by atoms with Crippen LogP contribution in [0.15, 0.2) is 91.0 Å². The van der Waals surface area contributed by atoms with Crippen LogP contribution in [0.3, 0.4) is 0 Å². The quantitative estimate of drug-likeness (QED) is 0.312. The molecule has 1 aliphatic carbocycles. The third-order valence-corrected chi connectivity index (χ3v) is 7.35. The third kappa shape index (κ3) is 4.00. The van der Waals surface area contributed by atoms with E-state index in [4.69, 9.17) is 4.74 Å². The van der Waals surface area contributed by atoms with Gasteiger partial charge in [-0.25, -0.2) is 9.59 Å². The summed E-state index contributed by atoms with van der Waals surface area (Å²) in [6.45, 7) is 0.133. The van der Waals surface area contributed by atoms with Gasteiger partial charge in [-0.2, -0.15) is 0 Å². The fourth-order valence-electron chi connectivity index (χ4n) is 5.55. The Morgan fingerprint density at radius 2 is 1.49 bits per heavy atom. The minimum Gasteiger partial charge on any atom is -0.480 e. The molecule has 1 heterocycles. The monoisotopic (exact) mass is 490 g/mol. The molecule has 0 radical (unpaired) electrons. The summed E-state index contributed by atoms with van der Waals surface area (Å²) in [5, 5.41) is 14.6. The van der Waals surface area contributed by atoms with Gasteiger partial charge in [0.25, 0.3) is 0 Å². The lowest BCUT2D eigenvalue weighted by Gasteiger charge is -2.17. The van der Waals surface area contributed by atoms with Crippen LogP contribution in [0, 0.1) is 0 Å². The number of rotatable bonds is 6. The van der Waals surface area contributed by atoms with E-state index in [-0.39, 0.29) is 18.9 Å². The van der Waals surface area contributed by atoms with Gasteiger partial charge in [0, 0.05) is 41.2 Å². The van der Waals surface area contributed by atoms with Crippen LogP contribution in [0.5, 0.6) is 0 Å². The first kappa shape index (κ1) is 22.9. The largest absolute Gasteiger partial charge is 0.480 e. The van der Waals surface area contributed by atoms with E-state index in [1.807, 2.05) is 73.8 Å². The molecule has 1 aromatic heterocycles. The molecule has 4 aromatic carbocycles. The molecule has 0 saturated carbocycles. The molecule has 0 fully saturated rings. The number of aromatic nitrogens is 1. The zero-order valence-electron chi connectivity index (χ0n) is 20.3. The lowest BCUT2D eigenvalue weighted by molar-refractivity contribution is -0.139. The number of carbonyl (C=O) groups excluding carboxylic acids is 1. The number of aryl methyl sites for hydroxylation is 1. The van der Waals surface area contributed by atoms with Crippen LogP contribution in [0.25, 0.3) is 32.9 Å². The standard InChI is InChI=1S/C31H26N2O4/c1-33-28-13-7-6-12-24(28)25-15-14-19(17-29(25)33)16-27(30(34)35)32-31(36)37-18-26-22-10-4-2-8-20(22)21-9-3-5-11-23(21)26/h2-15,17,26-27H,16,18H2,1H3,(H,32,36)(H,34,35). The SMILES string of the molecule is Cn1c2ccccc2c2ccc(CC(NC(=O)OCC3c4ccccc4-c4ccccc43)C(=O)O)cc21. The molecule has 2 N–H and O–H groups in total. The molecule has 5 aromatic rings. The highest BCUT2D eigenvalue weighted by atomic mass is 16.5. The average Bonchev–Trinajstić information content (AvgIpc) is 3.39. The molecular weight excluding hydrogens is 464 g/mol. The number of nitrogens with one attached hydrogen (secondary N) is 1. The number of hydrogen-bond acceptors (Lipinski definition) is 3. The van der Waals surface area contributed by atoms with E-state index in [0.717, 1.165) is 49.6 Å². The summed E-state index contributed by atoms with van der Waals surface area (Å²) in [6, 6.07) is 29.2. The summed E-state index contributed by atoms with van der Waals surface area (Å²) in [4.78, 5) is 24.7. The van der Waals surface area contributed by atoms with Crippen molar-refractivity contribution in [3.63, 3.8) is 0 Å². The fourth-order valence-corrected chi connectivity index (χ4v) is 5.55. The summed E-state index contributed by atoms with van der Waals surface area (Å²) >= 11 is 0. The Bertz CT molecular complexity index is 1620. The van der Waals surface area contributed by atoms with Crippen LogP contribution in [0.1, 0.15) is 22.6 Å². The van der Waals surface area contributed by atoms with Crippen LogP contribution in [0.4, 0.5) is 4.79 Å². The maximum atomic E-state index is 12.7. The summed E-state index contributed by atoms with van der Waals surface area (Å²) in [5.41, 5.74) is 7.44.